The second-order valence-corrected chi connectivity index (χ2v) is 13.8. The fraction of sp³-hybridized carbons (Fsp3) is 0.417. The van der Waals surface area contributed by atoms with Gasteiger partial charge in [-0.1, -0.05) is 38.0 Å². The minimum Gasteiger partial charge on any atom is -0.465 e. The minimum absolute atomic E-state index is 0.0939. The van der Waals surface area contributed by atoms with E-state index in [1.165, 1.54) is 12.0 Å². The number of methoxy groups -OCH3 is 1. The number of carbonyl (C=O) groups excluding carboxylic acids is 2. The van der Waals surface area contributed by atoms with Gasteiger partial charge in [-0.05, 0) is 78.3 Å². The lowest BCUT2D eigenvalue weighted by molar-refractivity contribution is -0.136. The Hall–Kier alpha value is -5.31. The zero-order chi connectivity index (χ0) is 33.3. The number of rotatable bonds is 6. The lowest BCUT2D eigenvalue weighted by Crippen LogP contribution is -2.52. The van der Waals surface area contributed by atoms with Crippen LogP contribution in [0.4, 0.5) is 9.59 Å². The molecule has 3 amide bonds. The lowest BCUT2D eigenvalue weighted by Gasteiger charge is -2.31. The number of likely N-dealkylation sites (tertiary alicyclic amines) is 2. The van der Waals surface area contributed by atoms with Crippen molar-refractivity contribution in [2.24, 2.45) is 17.8 Å². The lowest BCUT2D eigenvalue weighted by atomic mass is 10.0. The van der Waals surface area contributed by atoms with Crippen molar-refractivity contribution in [2.45, 2.75) is 69.7 Å². The molecule has 2 saturated heterocycles. The second kappa shape index (κ2) is 11.4. The molecule has 4 N–H and O–H groups in total. The molecule has 4 heterocycles. The third-order valence-corrected chi connectivity index (χ3v) is 10.4. The summed E-state index contributed by atoms with van der Waals surface area (Å²) in [5, 5.41) is 14.5. The van der Waals surface area contributed by atoms with E-state index in [1.807, 2.05) is 49.2 Å². The highest BCUT2D eigenvalue weighted by Gasteiger charge is 2.57. The number of amides is 3. The molecular weight excluding hydrogens is 610 g/mol. The number of imidazole rings is 2. The van der Waals surface area contributed by atoms with Gasteiger partial charge in [-0.15, -0.1) is 0 Å². The summed E-state index contributed by atoms with van der Waals surface area (Å²) in [5.41, 5.74) is 3.36. The molecule has 4 aliphatic rings. The third kappa shape index (κ3) is 5.33. The molecule has 0 bridgehead atoms. The first-order valence-corrected chi connectivity index (χ1v) is 16.5. The Balaban J connectivity index is 0.972. The number of hydrogen-bond acceptors (Lipinski definition) is 6. The van der Waals surface area contributed by atoms with E-state index in [-0.39, 0.29) is 36.0 Å². The molecular formula is C36H37N7O5. The topological polar surface area (TPSA) is 157 Å². The molecule has 2 aliphatic carbocycles. The number of carbonyl (C=O) groups is 3. The number of piperidine rings is 2. The number of H-pyrrole nitrogens is 2. The maximum atomic E-state index is 13.7. The summed E-state index contributed by atoms with van der Waals surface area (Å²) in [6.07, 6.45) is 5.56. The number of alkyl carbamates (subject to hydrolysis) is 1. The number of aromatic amines is 2. The smallest absolute Gasteiger partial charge is 0.408 e. The largest absolute Gasteiger partial charge is 0.465 e. The Morgan fingerprint density at radius 1 is 0.896 bits per heavy atom. The van der Waals surface area contributed by atoms with Crippen LogP contribution in [-0.2, 0) is 9.53 Å². The van der Waals surface area contributed by atoms with Crippen LogP contribution in [0.2, 0.25) is 0 Å². The summed E-state index contributed by atoms with van der Waals surface area (Å²) in [5.74, 6) is 8.45. The van der Waals surface area contributed by atoms with Crippen LogP contribution in [-0.4, -0.2) is 78.2 Å². The molecule has 48 heavy (non-hydrogen) atoms. The molecule has 12 nitrogen and oxygen atoms in total. The quantitative estimate of drug-likeness (QED) is 0.209. The predicted molar refractivity (Wildman–Crippen MR) is 175 cm³/mol. The van der Waals surface area contributed by atoms with Gasteiger partial charge >= 0.3 is 12.2 Å². The van der Waals surface area contributed by atoms with Gasteiger partial charge in [0.15, 0.2) is 0 Å². The van der Waals surface area contributed by atoms with Gasteiger partial charge in [0.1, 0.15) is 23.4 Å². The first-order valence-electron chi connectivity index (χ1n) is 16.5. The van der Waals surface area contributed by atoms with Crippen molar-refractivity contribution in [3.05, 3.63) is 71.7 Å². The van der Waals surface area contributed by atoms with Crippen molar-refractivity contribution in [3.8, 4) is 23.1 Å². The van der Waals surface area contributed by atoms with Crippen LogP contribution in [0, 0.1) is 29.6 Å². The highest BCUT2D eigenvalue weighted by atomic mass is 16.5. The monoisotopic (exact) mass is 647 g/mol. The summed E-state index contributed by atoms with van der Waals surface area (Å²) >= 11 is 0. The van der Waals surface area contributed by atoms with Crippen molar-refractivity contribution in [1.29, 1.82) is 0 Å². The molecule has 0 radical (unpaired) electrons. The van der Waals surface area contributed by atoms with Gasteiger partial charge in [0.2, 0.25) is 5.91 Å². The number of fused-ring (bicyclic) bond motifs is 3. The standard InChI is InChI=1S/C36H37N7O5/c1-18(2)31(41-35(45)48-3)34(44)42-27-12-23(27)14-29(42)33-38-17-26(40-33)22-8-7-20-10-19(4-6-21(20)11-22)5-9-25-16-37-32(39-25)30-15-24-13-28(24)43(30)36(46)47/h4,6-8,10-11,16-18,23-24,27-31H,12-15H2,1-3H3,(H,37,39)(H,38,40)(H,41,45)(H,46,47)/t23-,24?,27-,28?,29+,30?,31+/m1/s1. The number of ether oxygens (including phenoxy) is 1. The summed E-state index contributed by atoms with van der Waals surface area (Å²) in [4.78, 5) is 56.8. The van der Waals surface area contributed by atoms with Crippen LogP contribution in [0.15, 0.2) is 48.8 Å². The van der Waals surface area contributed by atoms with Gasteiger partial charge in [0.05, 0.1) is 37.3 Å². The predicted octanol–water partition coefficient (Wildman–Crippen LogP) is 5.21. The molecule has 12 heteroatoms. The normalized spacial score (nSPS) is 25.7. The Morgan fingerprint density at radius 2 is 1.56 bits per heavy atom. The number of nitrogens with zero attached hydrogens (tertiary/aromatic N) is 4. The fourth-order valence-electron chi connectivity index (χ4n) is 7.71. The molecule has 2 aliphatic heterocycles. The molecule has 0 spiro atoms. The van der Waals surface area contributed by atoms with E-state index in [0.717, 1.165) is 59.1 Å². The maximum absolute atomic E-state index is 13.7. The average Bonchev–Trinajstić information content (AvgIpc) is 3.68. The second-order valence-electron chi connectivity index (χ2n) is 13.8. The number of carboxylic acid groups (broad SMARTS) is 1. The summed E-state index contributed by atoms with van der Waals surface area (Å²) in [6.45, 7) is 3.83. The van der Waals surface area contributed by atoms with E-state index in [2.05, 4.69) is 44.2 Å². The van der Waals surface area contributed by atoms with E-state index >= 15 is 0 Å². The van der Waals surface area contributed by atoms with Crippen LogP contribution in [0.1, 0.15) is 74.5 Å². The Morgan fingerprint density at radius 3 is 2.29 bits per heavy atom. The first-order chi connectivity index (χ1) is 23.2. The molecule has 4 aromatic rings. The van der Waals surface area contributed by atoms with Crippen molar-refractivity contribution < 1.29 is 24.2 Å². The average molecular weight is 648 g/mol. The highest BCUT2D eigenvalue weighted by Crippen LogP contribution is 2.54. The van der Waals surface area contributed by atoms with E-state index in [9.17, 15) is 19.5 Å². The van der Waals surface area contributed by atoms with Crippen LogP contribution in [0.25, 0.3) is 22.0 Å². The van der Waals surface area contributed by atoms with Gasteiger partial charge in [-0.3, -0.25) is 9.69 Å². The van der Waals surface area contributed by atoms with Gasteiger partial charge in [-0.2, -0.15) is 0 Å². The zero-order valence-electron chi connectivity index (χ0n) is 26.9. The molecule has 8 rings (SSSR count). The Labute approximate surface area is 277 Å². The number of aromatic nitrogens is 4. The van der Waals surface area contributed by atoms with Crippen LogP contribution in [0.5, 0.6) is 0 Å². The molecule has 2 aromatic carbocycles. The first kappa shape index (κ1) is 30.1. The molecule has 7 atom stereocenters. The van der Waals surface area contributed by atoms with E-state index in [1.54, 1.807) is 6.20 Å². The van der Waals surface area contributed by atoms with E-state index in [0.29, 0.717) is 23.4 Å². The molecule has 2 saturated carbocycles. The van der Waals surface area contributed by atoms with Crippen LogP contribution in [0.3, 0.4) is 0 Å². The highest BCUT2D eigenvalue weighted by molar-refractivity contribution is 5.88. The fourth-order valence-corrected chi connectivity index (χ4v) is 7.71. The van der Waals surface area contributed by atoms with Crippen molar-refractivity contribution in [1.82, 2.24) is 35.1 Å². The minimum atomic E-state index is -0.892. The molecule has 2 aromatic heterocycles. The van der Waals surface area contributed by atoms with E-state index < -0.39 is 18.2 Å². The van der Waals surface area contributed by atoms with Crippen molar-refractivity contribution >= 4 is 28.9 Å². The van der Waals surface area contributed by atoms with Gasteiger partial charge in [0.25, 0.3) is 0 Å². The maximum Gasteiger partial charge on any atom is 0.408 e. The van der Waals surface area contributed by atoms with Crippen molar-refractivity contribution in [2.75, 3.05) is 7.11 Å². The summed E-state index contributed by atoms with van der Waals surface area (Å²) in [7, 11) is 1.30. The number of hydrogen-bond donors (Lipinski definition) is 4. The van der Waals surface area contributed by atoms with Gasteiger partial charge < -0.3 is 30.0 Å². The van der Waals surface area contributed by atoms with Crippen LogP contribution < -0.4 is 5.32 Å². The van der Waals surface area contributed by atoms with Crippen LogP contribution >= 0.6 is 0 Å². The number of nitrogens with one attached hydrogen (secondary N) is 3. The van der Waals surface area contributed by atoms with Crippen molar-refractivity contribution in [3.63, 3.8) is 0 Å². The third-order valence-electron chi connectivity index (χ3n) is 10.4. The zero-order valence-corrected chi connectivity index (χ0v) is 26.9. The molecule has 3 unspecified atom stereocenters. The Kier molecular flexibility index (Phi) is 7.16. The molecule has 4 fully saturated rings. The van der Waals surface area contributed by atoms with E-state index in [4.69, 9.17) is 9.72 Å². The molecule has 246 valence electrons. The van der Waals surface area contributed by atoms with Gasteiger partial charge in [0, 0.05) is 23.2 Å². The SMILES string of the molecule is COC(=O)N[C@H](C(=O)N1[C@@H]2C[C@@H]2C[C@H]1c1ncc(-c2ccc3cc(C#Cc4cnc(C5CC6CC6N5C(=O)O)[nH]4)ccc3c2)[nH]1)C(C)C. The van der Waals surface area contributed by atoms with Gasteiger partial charge in [-0.25, -0.2) is 19.6 Å². The number of benzene rings is 2. The summed E-state index contributed by atoms with van der Waals surface area (Å²) < 4.78 is 4.78. The summed E-state index contributed by atoms with van der Waals surface area (Å²) in [6, 6.07) is 11.5. The Bertz CT molecular complexity index is 2010.